The van der Waals surface area contributed by atoms with Crippen molar-refractivity contribution in [1.29, 1.82) is 0 Å². The summed E-state index contributed by atoms with van der Waals surface area (Å²) in [6, 6.07) is 0. The van der Waals surface area contributed by atoms with Gasteiger partial charge in [0.2, 0.25) is 0 Å². The molecular formula is C13H19. The highest BCUT2D eigenvalue weighted by Crippen LogP contribution is 2.49. The molecule has 0 heteroatoms. The van der Waals surface area contributed by atoms with E-state index in [0.29, 0.717) is 0 Å². The second-order valence-electron chi connectivity index (χ2n) is 4.37. The van der Waals surface area contributed by atoms with Crippen LogP contribution >= 0.6 is 0 Å². The van der Waals surface area contributed by atoms with Crippen molar-refractivity contribution in [3.8, 4) is 0 Å². The summed E-state index contributed by atoms with van der Waals surface area (Å²) in [5.74, 6) is 6.60. The molecule has 0 N–H and O–H groups in total. The molecule has 2 saturated carbocycles. The first-order valence-corrected chi connectivity index (χ1v) is 5.51. The Bertz CT molecular complexity index is 143. The molecular weight excluding hydrogens is 156 g/mol. The van der Waals surface area contributed by atoms with Crippen LogP contribution in [0.5, 0.6) is 0 Å². The predicted molar refractivity (Wildman–Crippen MR) is 56.3 cm³/mol. The Hall–Kier alpha value is 0. The topological polar surface area (TPSA) is 0 Å². The summed E-state index contributed by atoms with van der Waals surface area (Å²) < 4.78 is 0. The lowest BCUT2D eigenvalue weighted by atomic mass is 9.69. The van der Waals surface area contributed by atoms with Crippen LogP contribution < -0.4 is 0 Å². The van der Waals surface area contributed by atoms with E-state index in [0.717, 1.165) is 0 Å². The minimum atomic E-state index is 1.25. The molecule has 0 spiro atoms. The third-order valence-electron chi connectivity index (χ3n) is 3.43. The van der Waals surface area contributed by atoms with Crippen LogP contribution in [-0.4, -0.2) is 0 Å². The van der Waals surface area contributed by atoms with E-state index in [1.165, 1.54) is 38.5 Å². The van der Waals surface area contributed by atoms with Gasteiger partial charge in [0.25, 0.3) is 0 Å². The van der Waals surface area contributed by atoms with E-state index in [1.54, 1.807) is 23.7 Å². The zero-order valence-electron chi connectivity index (χ0n) is 8.82. The molecule has 0 heterocycles. The van der Waals surface area contributed by atoms with Gasteiger partial charge in [-0.15, -0.1) is 0 Å². The maximum Gasteiger partial charge on any atom is -0.0100 e. The van der Waals surface area contributed by atoms with Crippen molar-refractivity contribution in [2.24, 2.45) is 0 Å². The molecule has 5 radical (unpaired) electrons. The Morgan fingerprint density at radius 3 is 2.38 bits per heavy atom. The number of hydrogen-bond acceptors (Lipinski definition) is 0. The van der Waals surface area contributed by atoms with Gasteiger partial charge in [-0.05, 0) is 55.8 Å². The molecule has 0 unspecified atom stereocenters. The van der Waals surface area contributed by atoms with Crippen LogP contribution in [0.25, 0.3) is 0 Å². The number of hydrogen-bond donors (Lipinski definition) is 0. The van der Waals surface area contributed by atoms with Crippen molar-refractivity contribution < 1.29 is 0 Å². The van der Waals surface area contributed by atoms with E-state index >= 15 is 0 Å². The maximum absolute atomic E-state index is 2.43. The average molecular weight is 175 g/mol. The Morgan fingerprint density at radius 2 is 1.62 bits per heavy atom. The second kappa shape index (κ2) is 4.02. The molecule has 2 fully saturated rings. The summed E-state index contributed by atoms with van der Waals surface area (Å²) in [7, 11) is 0. The van der Waals surface area contributed by atoms with Crippen molar-refractivity contribution in [3.05, 3.63) is 30.1 Å². The van der Waals surface area contributed by atoms with Gasteiger partial charge in [0.05, 0.1) is 0 Å². The highest BCUT2D eigenvalue weighted by atomic mass is 14.4. The summed E-state index contributed by atoms with van der Waals surface area (Å²) in [4.78, 5) is 0. The first-order chi connectivity index (χ1) is 6.29. The smallest absolute Gasteiger partial charge is 0.0100 e. The first kappa shape index (κ1) is 9.55. The SMILES string of the molecule is C[C]1[CH]CC[C](C)[C]2CCCC[C]12. The van der Waals surface area contributed by atoms with Gasteiger partial charge >= 0.3 is 0 Å². The van der Waals surface area contributed by atoms with Crippen LogP contribution in [0.15, 0.2) is 0 Å². The normalized spacial score (nSPS) is 30.0. The van der Waals surface area contributed by atoms with E-state index in [4.69, 9.17) is 0 Å². The summed E-state index contributed by atoms with van der Waals surface area (Å²) in [5.41, 5.74) is 0. The largest absolute Gasteiger partial charge is 0.0585 e. The van der Waals surface area contributed by atoms with Gasteiger partial charge in [-0.3, -0.25) is 0 Å². The van der Waals surface area contributed by atoms with E-state index in [-0.39, 0.29) is 0 Å². The molecule has 2 aliphatic carbocycles. The minimum absolute atomic E-state index is 1.25. The highest BCUT2D eigenvalue weighted by molar-refractivity contribution is 5.44. The number of fused-ring (bicyclic) bond motifs is 1. The Morgan fingerprint density at radius 1 is 0.923 bits per heavy atom. The van der Waals surface area contributed by atoms with Gasteiger partial charge in [-0.1, -0.05) is 26.7 Å². The Balaban J connectivity index is 2.09. The molecule has 0 amide bonds. The molecule has 0 atom stereocenters. The quantitative estimate of drug-likeness (QED) is 0.524. The van der Waals surface area contributed by atoms with Gasteiger partial charge in [0, 0.05) is 0 Å². The molecule has 13 heavy (non-hydrogen) atoms. The van der Waals surface area contributed by atoms with Crippen LogP contribution in [0.3, 0.4) is 0 Å². The zero-order chi connectivity index (χ0) is 9.26. The molecule has 0 bridgehead atoms. The molecule has 0 aliphatic heterocycles. The molecule has 0 aromatic heterocycles. The molecule has 2 rings (SSSR count). The van der Waals surface area contributed by atoms with Crippen molar-refractivity contribution in [3.63, 3.8) is 0 Å². The molecule has 0 saturated heterocycles. The molecule has 0 aromatic rings. The monoisotopic (exact) mass is 175 g/mol. The number of rotatable bonds is 0. The molecule has 2 aliphatic rings. The second-order valence-corrected chi connectivity index (χ2v) is 4.37. The van der Waals surface area contributed by atoms with Crippen molar-refractivity contribution in [1.82, 2.24) is 0 Å². The standard InChI is InChI=1S/C13H19/c1-10-6-5-7-11(2)13-9-4-3-8-12(10)13/h6H,3-5,7-9H2,1-2H3. The lowest BCUT2D eigenvalue weighted by molar-refractivity contribution is 0.552. The van der Waals surface area contributed by atoms with Crippen LogP contribution in [-0.2, 0) is 0 Å². The Kier molecular flexibility index (Phi) is 2.96. The summed E-state index contributed by atoms with van der Waals surface area (Å²) in [6.45, 7) is 4.62. The first-order valence-electron chi connectivity index (χ1n) is 5.51. The van der Waals surface area contributed by atoms with E-state index in [9.17, 15) is 0 Å². The van der Waals surface area contributed by atoms with Crippen LogP contribution in [0.4, 0.5) is 0 Å². The molecule has 0 nitrogen and oxygen atoms in total. The van der Waals surface area contributed by atoms with Gasteiger partial charge in [-0.25, -0.2) is 0 Å². The van der Waals surface area contributed by atoms with Gasteiger partial charge < -0.3 is 0 Å². The lowest BCUT2D eigenvalue weighted by Gasteiger charge is -2.35. The van der Waals surface area contributed by atoms with Crippen LogP contribution in [0.2, 0.25) is 0 Å². The van der Waals surface area contributed by atoms with E-state index in [1.807, 2.05) is 0 Å². The predicted octanol–water partition coefficient (Wildman–Crippen LogP) is 3.90. The third-order valence-corrected chi connectivity index (χ3v) is 3.43. The van der Waals surface area contributed by atoms with E-state index < -0.39 is 0 Å². The molecule has 71 valence electrons. The van der Waals surface area contributed by atoms with Crippen molar-refractivity contribution in [2.45, 2.75) is 52.4 Å². The molecule has 0 aromatic carbocycles. The third kappa shape index (κ3) is 1.92. The summed E-state index contributed by atoms with van der Waals surface area (Å²) in [5, 5.41) is 0. The average Bonchev–Trinajstić information content (AvgIpc) is 2.29. The lowest BCUT2D eigenvalue weighted by Crippen LogP contribution is -2.22. The van der Waals surface area contributed by atoms with Gasteiger partial charge in [0.15, 0.2) is 0 Å². The fourth-order valence-electron chi connectivity index (χ4n) is 2.59. The van der Waals surface area contributed by atoms with Crippen LogP contribution in [0, 0.1) is 30.1 Å². The van der Waals surface area contributed by atoms with Crippen LogP contribution in [0.1, 0.15) is 52.4 Å². The minimum Gasteiger partial charge on any atom is -0.0585 e. The van der Waals surface area contributed by atoms with Crippen molar-refractivity contribution >= 4 is 0 Å². The maximum atomic E-state index is 2.43. The zero-order valence-corrected chi connectivity index (χ0v) is 8.82. The highest BCUT2D eigenvalue weighted by Gasteiger charge is 2.36. The van der Waals surface area contributed by atoms with Crippen molar-refractivity contribution in [2.75, 3.05) is 0 Å². The van der Waals surface area contributed by atoms with Gasteiger partial charge in [0.1, 0.15) is 0 Å². The fourth-order valence-corrected chi connectivity index (χ4v) is 2.59. The Labute approximate surface area is 83.1 Å². The van der Waals surface area contributed by atoms with Gasteiger partial charge in [-0.2, -0.15) is 0 Å². The van der Waals surface area contributed by atoms with E-state index in [2.05, 4.69) is 20.3 Å². The summed E-state index contributed by atoms with van der Waals surface area (Å²) >= 11 is 0. The fraction of sp³-hybridized carbons (Fsp3) is 0.615. The summed E-state index contributed by atoms with van der Waals surface area (Å²) in [6.07, 6.45) is 10.4.